The first-order valence-corrected chi connectivity index (χ1v) is 11.4. The van der Waals surface area contributed by atoms with Crippen LogP contribution in [0.5, 0.6) is 0 Å². The van der Waals surface area contributed by atoms with Gasteiger partial charge >= 0.3 is 142 Å². The molecule has 0 saturated carbocycles. The summed E-state index contributed by atoms with van der Waals surface area (Å²) in [5, 5.41) is 0. The molecule has 0 fully saturated rings. The molecule has 0 aromatic heterocycles. The van der Waals surface area contributed by atoms with Gasteiger partial charge < -0.3 is 0 Å². The number of rotatable bonds is 4. The van der Waals surface area contributed by atoms with Gasteiger partial charge in [0.25, 0.3) is 0 Å². The summed E-state index contributed by atoms with van der Waals surface area (Å²) in [4.78, 5) is 0. The average molecular weight is 332 g/mol. The Balaban J connectivity index is 2.02. The van der Waals surface area contributed by atoms with E-state index in [0.29, 0.717) is 0 Å². The predicted molar refractivity (Wildman–Crippen MR) is 95.8 cm³/mol. The zero-order valence-electron chi connectivity index (χ0n) is 13.2. The number of hydrogen-bond acceptors (Lipinski definition) is 0. The second-order valence-electron chi connectivity index (χ2n) is 6.13. The minimum atomic E-state index is -2.76. The third kappa shape index (κ3) is 2.43. The molecule has 0 nitrogen and oxygen atoms in total. The molecule has 0 unspecified atom stereocenters. The van der Waals surface area contributed by atoms with Crippen LogP contribution in [0.3, 0.4) is 0 Å². The van der Waals surface area contributed by atoms with Crippen molar-refractivity contribution in [1.29, 1.82) is 0 Å². The van der Waals surface area contributed by atoms with Gasteiger partial charge in [-0.25, -0.2) is 0 Å². The second-order valence-corrected chi connectivity index (χ2v) is 12.3. The van der Waals surface area contributed by atoms with Crippen LogP contribution in [0.4, 0.5) is 0 Å². The minimum absolute atomic E-state index is 1.10. The Hall–Kier alpha value is -1.89. The molecule has 0 spiro atoms. The van der Waals surface area contributed by atoms with E-state index in [-0.39, 0.29) is 0 Å². The molecule has 0 atom stereocenters. The molecule has 0 saturated heterocycles. The van der Waals surface area contributed by atoms with Crippen molar-refractivity contribution < 1.29 is 16.6 Å². The van der Waals surface area contributed by atoms with Crippen molar-refractivity contribution in [3.8, 4) is 0 Å². The van der Waals surface area contributed by atoms with Crippen LogP contribution in [-0.2, 0) is 16.6 Å². The Labute approximate surface area is 141 Å². The summed E-state index contributed by atoms with van der Waals surface area (Å²) < 4.78 is 6.39. The van der Waals surface area contributed by atoms with Gasteiger partial charge in [0.2, 0.25) is 0 Å². The van der Waals surface area contributed by atoms with E-state index in [1.54, 1.807) is 15.5 Å². The summed E-state index contributed by atoms with van der Waals surface area (Å²) in [7, 11) is 0. The van der Waals surface area contributed by atoms with Gasteiger partial charge in [0, 0.05) is 0 Å². The van der Waals surface area contributed by atoms with Crippen molar-refractivity contribution >= 4 is 7.74 Å². The summed E-state index contributed by atoms with van der Waals surface area (Å²) in [5.41, 5.74) is 0. The van der Waals surface area contributed by atoms with Crippen molar-refractivity contribution in [2.45, 2.75) is 12.8 Å². The molecular weight excluding hydrogens is 312 g/mol. The Bertz CT molecular complexity index is 736. The third-order valence-corrected chi connectivity index (χ3v) is 12.8. The van der Waals surface area contributed by atoms with E-state index in [0.717, 1.165) is 12.8 Å². The molecule has 1 heteroatoms. The molecular formula is C22H20Ti. The molecule has 23 heavy (non-hydrogen) atoms. The molecule has 0 aliphatic heterocycles. The van der Waals surface area contributed by atoms with E-state index < -0.39 is 16.6 Å². The molecule has 0 radical (unpaired) electrons. The van der Waals surface area contributed by atoms with Crippen LogP contribution in [-0.4, -0.2) is 0 Å². The molecule has 0 amide bonds. The summed E-state index contributed by atoms with van der Waals surface area (Å²) in [6.45, 7) is 0. The van der Waals surface area contributed by atoms with Crippen LogP contribution in [0.2, 0.25) is 0 Å². The van der Waals surface area contributed by atoms with E-state index in [9.17, 15) is 0 Å². The van der Waals surface area contributed by atoms with Crippen LogP contribution in [0.25, 0.3) is 0 Å². The van der Waals surface area contributed by atoms with Crippen LogP contribution >= 0.6 is 0 Å². The molecule has 0 N–H and O–H groups in total. The zero-order valence-corrected chi connectivity index (χ0v) is 14.7. The average Bonchev–Trinajstić information content (AvgIpc) is 3.32. The van der Waals surface area contributed by atoms with Gasteiger partial charge in [0.05, 0.1) is 0 Å². The van der Waals surface area contributed by atoms with E-state index in [4.69, 9.17) is 0 Å². The fourth-order valence-corrected chi connectivity index (χ4v) is 12.0. The molecule has 2 aliphatic carbocycles. The molecule has 0 bridgehead atoms. The fourth-order valence-electron chi connectivity index (χ4n) is 3.94. The molecule has 0 heterocycles. The Morgan fingerprint density at radius 3 is 1.35 bits per heavy atom. The first kappa shape index (κ1) is 14.7. The summed E-state index contributed by atoms with van der Waals surface area (Å²) in [5.74, 6) is 0. The van der Waals surface area contributed by atoms with Crippen LogP contribution < -0.4 is 7.74 Å². The van der Waals surface area contributed by atoms with Crippen molar-refractivity contribution in [1.82, 2.24) is 0 Å². The van der Waals surface area contributed by atoms with Crippen molar-refractivity contribution in [3.05, 3.63) is 105 Å². The molecule has 2 aromatic rings. The first-order valence-electron chi connectivity index (χ1n) is 8.26. The number of allylic oxidation sites excluding steroid dienone is 8. The zero-order chi connectivity index (χ0) is 15.5. The fraction of sp³-hybridized carbons (Fsp3) is 0.0909. The van der Waals surface area contributed by atoms with Gasteiger partial charge in [-0.3, -0.25) is 0 Å². The van der Waals surface area contributed by atoms with Gasteiger partial charge in [0.1, 0.15) is 0 Å². The van der Waals surface area contributed by atoms with Gasteiger partial charge in [0.15, 0.2) is 0 Å². The first-order chi connectivity index (χ1) is 11.4. The number of benzene rings is 2. The quantitative estimate of drug-likeness (QED) is 0.724. The van der Waals surface area contributed by atoms with Gasteiger partial charge in [-0.1, -0.05) is 0 Å². The topological polar surface area (TPSA) is 0 Å². The van der Waals surface area contributed by atoms with Crippen molar-refractivity contribution in [3.63, 3.8) is 0 Å². The predicted octanol–water partition coefficient (Wildman–Crippen LogP) is 4.48. The molecule has 112 valence electrons. The summed E-state index contributed by atoms with van der Waals surface area (Å²) in [6.07, 6.45) is 16.1. The summed E-state index contributed by atoms with van der Waals surface area (Å²) >= 11 is -2.76. The van der Waals surface area contributed by atoms with E-state index >= 15 is 0 Å². The number of hydrogen-bond donors (Lipinski definition) is 0. The van der Waals surface area contributed by atoms with Gasteiger partial charge in [-0.05, 0) is 0 Å². The third-order valence-electron chi connectivity index (χ3n) is 4.92. The van der Waals surface area contributed by atoms with Crippen molar-refractivity contribution in [2.24, 2.45) is 0 Å². The second kappa shape index (κ2) is 6.31. The summed E-state index contributed by atoms with van der Waals surface area (Å²) in [6, 6.07) is 22.5. The van der Waals surface area contributed by atoms with E-state index in [2.05, 4.69) is 97.1 Å². The Morgan fingerprint density at radius 1 is 0.565 bits per heavy atom. The van der Waals surface area contributed by atoms with Crippen LogP contribution in [0.1, 0.15) is 12.8 Å². The van der Waals surface area contributed by atoms with E-state index in [1.807, 2.05) is 0 Å². The Morgan fingerprint density at radius 2 is 1.00 bits per heavy atom. The van der Waals surface area contributed by atoms with Gasteiger partial charge in [-0.15, -0.1) is 0 Å². The maximum absolute atomic E-state index is 2.76. The molecule has 4 rings (SSSR count). The van der Waals surface area contributed by atoms with Crippen LogP contribution in [0, 0.1) is 0 Å². The SMILES string of the molecule is C1=CC[C]([Ti]([C]2=CC=CC2)([c]2ccccc2)[c]2ccccc2)=C1. The van der Waals surface area contributed by atoms with Gasteiger partial charge in [-0.2, -0.15) is 0 Å². The maximum atomic E-state index is 2.39. The molecule has 2 aliphatic rings. The Kier molecular flexibility index (Phi) is 4.03. The standard InChI is InChI=1S/2C6H5.2C5H5.Ti/c2*1-2-4-6-5-3-1;2*1-2-4-5-3-1;/h2*1-5H;2*1-3H,4H2;. The normalized spacial score (nSPS) is 16.5. The van der Waals surface area contributed by atoms with Crippen LogP contribution in [0.15, 0.2) is 105 Å². The molecule has 2 aromatic carbocycles. The van der Waals surface area contributed by atoms with Crippen molar-refractivity contribution in [2.75, 3.05) is 0 Å². The monoisotopic (exact) mass is 332 g/mol. The van der Waals surface area contributed by atoms with E-state index in [1.165, 1.54) is 0 Å².